The Labute approximate surface area is 192 Å². The summed E-state index contributed by atoms with van der Waals surface area (Å²) >= 11 is 0. The summed E-state index contributed by atoms with van der Waals surface area (Å²) in [5.41, 5.74) is 0.218. The molecule has 1 fully saturated rings. The maximum absolute atomic E-state index is 7.58. The quantitative estimate of drug-likeness (QED) is 0.115. The van der Waals surface area contributed by atoms with Crippen molar-refractivity contribution in [3.05, 3.63) is 25.3 Å². The third-order valence-corrected chi connectivity index (χ3v) is 28.6. The largest absolute Gasteiger partial charge is 0.414 e. The van der Waals surface area contributed by atoms with E-state index < -0.39 is 15.4 Å². The van der Waals surface area contributed by atoms with Crippen LogP contribution in [0, 0.1) is 0 Å². The van der Waals surface area contributed by atoms with Crippen molar-refractivity contribution in [3.63, 3.8) is 0 Å². The summed E-state index contributed by atoms with van der Waals surface area (Å²) < 4.78 is 7.58. The van der Waals surface area contributed by atoms with E-state index in [1.54, 1.807) is 6.04 Å². The molecule has 176 valence electrons. The Bertz CT molecular complexity index is 445. The van der Waals surface area contributed by atoms with Gasteiger partial charge in [-0.1, -0.05) is 96.5 Å². The van der Waals surface area contributed by atoms with Crippen molar-refractivity contribution in [3.8, 4) is 0 Å². The molecule has 1 aliphatic heterocycles. The average Bonchev–Trinajstić information content (AvgIpc) is 2.78. The van der Waals surface area contributed by atoms with E-state index in [1.165, 1.54) is 108 Å². The number of rotatable bonds is 18. The average molecular weight is 451 g/mol. The molecular weight excluding hydrogens is 396 g/mol. The Morgan fingerprint density at radius 2 is 1.17 bits per heavy atom. The van der Waals surface area contributed by atoms with Gasteiger partial charge >= 0.3 is 0 Å². The molecule has 0 bridgehead atoms. The third kappa shape index (κ3) is 7.48. The monoisotopic (exact) mass is 450 g/mol. The van der Waals surface area contributed by atoms with Crippen LogP contribution in [0.4, 0.5) is 0 Å². The first-order valence-corrected chi connectivity index (χ1v) is 19.4. The molecule has 1 nitrogen and oxygen atoms in total. The zero-order chi connectivity index (χ0) is 22.3. The standard InChI is InChI=1S/C27H54OSi2/c1-7-13-15-17-19-21-23-27(24-22-20-18-16-14-8-2)25-26-29(9-3,10-4)30(11-5,12-6)28-27/h7-8H,1-2,9-26H2,3-6H3. The van der Waals surface area contributed by atoms with Crippen LogP contribution in [-0.4, -0.2) is 21.0 Å². The molecule has 0 amide bonds. The third-order valence-electron chi connectivity index (χ3n) is 8.51. The molecule has 0 aliphatic carbocycles. The summed E-state index contributed by atoms with van der Waals surface area (Å²) in [6.07, 6.45) is 21.3. The van der Waals surface area contributed by atoms with Gasteiger partial charge in [0.1, 0.15) is 0 Å². The molecule has 0 unspecified atom stereocenters. The highest BCUT2D eigenvalue weighted by molar-refractivity contribution is 7.40. The van der Waals surface area contributed by atoms with Crippen LogP contribution < -0.4 is 0 Å². The van der Waals surface area contributed by atoms with Crippen LogP contribution in [0.5, 0.6) is 0 Å². The van der Waals surface area contributed by atoms with E-state index in [0.29, 0.717) is 0 Å². The van der Waals surface area contributed by atoms with Gasteiger partial charge in [0.15, 0.2) is 7.83 Å². The molecule has 0 N–H and O–H groups in total. The van der Waals surface area contributed by atoms with Crippen molar-refractivity contribution in [2.45, 2.75) is 147 Å². The second-order valence-electron chi connectivity index (χ2n) is 9.96. The molecule has 1 heterocycles. The highest BCUT2D eigenvalue weighted by atomic mass is 29.3. The van der Waals surface area contributed by atoms with Crippen molar-refractivity contribution < 1.29 is 4.43 Å². The van der Waals surface area contributed by atoms with Gasteiger partial charge in [-0.05, 0) is 57.0 Å². The summed E-state index contributed by atoms with van der Waals surface area (Å²) in [6, 6.07) is 7.18. The van der Waals surface area contributed by atoms with E-state index in [1.807, 2.05) is 0 Å². The van der Waals surface area contributed by atoms with Crippen LogP contribution in [0.15, 0.2) is 25.3 Å². The summed E-state index contributed by atoms with van der Waals surface area (Å²) in [4.78, 5) is 0. The molecule has 0 atom stereocenters. The molecule has 1 saturated heterocycles. The predicted molar refractivity (Wildman–Crippen MR) is 142 cm³/mol. The zero-order valence-electron chi connectivity index (χ0n) is 21.2. The minimum atomic E-state index is -1.60. The summed E-state index contributed by atoms with van der Waals surface area (Å²) in [6.45, 7) is 17.7. The van der Waals surface area contributed by atoms with Gasteiger partial charge in [0, 0.05) is 0 Å². The Hall–Kier alpha value is -0.126. The van der Waals surface area contributed by atoms with Crippen LogP contribution in [0.2, 0.25) is 30.2 Å². The lowest BCUT2D eigenvalue weighted by atomic mass is 9.87. The maximum atomic E-state index is 7.58. The summed E-state index contributed by atoms with van der Waals surface area (Å²) in [5, 5.41) is 0. The lowest BCUT2D eigenvalue weighted by Crippen LogP contribution is -2.70. The van der Waals surface area contributed by atoms with Gasteiger partial charge in [-0.25, -0.2) is 0 Å². The Balaban J connectivity index is 2.85. The van der Waals surface area contributed by atoms with E-state index in [9.17, 15) is 0 Å². The van der Waals surface area contributed by atoms with Gasteiger partial charge in [-0.2, -0.15) is 0 Å². The molecule has 0 aromatic heterocycles. The lowest BCUT2D eigenvalue weighted by molar-refractivity contribution is 0.0268. The minimum Gasteiger partial charge on any atom is -0.414 e. The molecule has 0 aromatic rings. The smallest absolute Gasteiger partial charge is 0.180 e. The first kappa shape index (κ1) is 27.9. The van der Waals surface area contributed by atoms with Crippen LogP contribution in [0.1, 0.15) is 111 Å². The molecule has 1 aliphatic rings. The van der Waals surface area contributed by atoms with Crippen molar-refractivity contribution in [1.82, 2.24) is 0 Å². The topological polar surface area (TPSA) is 9.23 Å². The molecular formula is C27H54OSi2. The van der Waals surface area contributed by atoms with Crippen molar-refractivity contribution in [2.75, 3.05) is 0 Å². The van der Waals surface area contributed by atoms with Crippen molar-refractivity contribution in [2.24, 2.45) is 0 Å². The van der Waals surface area contributed by atoms with Crippen LogP contribution >= 0.6 is 0 Å². The Morgan fingerprint density at radius 3 is 1.57 bits per heavy atom. The van der Waals surface area contributed by atoms with Crippen LogP contribution in [0.25, 0.3) is 0 Å². The summed E-state index contributed by atoms with van der Waals surface area (Å²) in [7, 11) is -2.83. The molecule has 0 aromatic carbocycles. The van der Waals surface area contributed by atoms with Gasteiger partial charge in [0.25, 0.3) is 0 Å². The number of hydrogen-bond acceptors (Lipinski definition) is 1. The normalized spacial score (nSPS) is 19.5. The Morgan fingerprint density at radius 1 is 0.700 bits per heavy atom. The first-order chi connectivity index (χ1) is 14.5. The van der Waals surface area contributed by atoms with E-state index in [4.69, 9.17) is 4.43 Å². The van der Waals surface area contributed by atoms with Gasteiger partial charge in [0.2, 0.25) is 0 Å². The molecule has 30 heavy (non-hydrogen) atoms. The van der Waals surface area contributed by atoms with Gasteiger partial charge in [-0.15, -0.1) is 13.2 Å². The SMILES string of the molecule is C=CCCCCCCC1(CCCCCCC=C)CC[Si](CC)(CC)[Si](CC)(CC)O1. The van der Waals surface area contributed by atoms with Crippen molar-refractivity contribution in [1.29, 1.82) is 0 Å². The number of unbranched alkanes of at least 4 members (excludes halogenated alkanes) is 8. The minimum absolute atomic E-state index is 0.218. The molecule has 0 radical (unpaired) electrons. The van der Waals surface area contributed by atoms with E-state index >= 15 is 0 Å². The predicted octanol–water partition coefficient (Wildman–Crippen LogP) is 9.75. The van der Waals surface area contributed by atoms with E-state index in [2.05, 4.69) is 53.0 Å². The number of hydrogen-bond donors (Lipinski definition) is 0. The zero-order valence-corrected chi connectivity index (χ0v) is 23.2. The fourth-order valence-electron chi connectivity index (χ4n) is 6.32. The fourth-order valence-corrected chi connectivity index (χ4v) is 25.2. The van der Waals surface area contributed by atoms with E-state index in [-0.39, 0.29) is 5.60 Å². The van der Waals surface area contributed by atoms with E-state index in [0.717, 1.165) is 0 Å². The molecule has 0 saturated carbocycles. The maximum Gasteiger partial charge on any atom is 0.180 e. The van der Waals surface area contributed by atoms with Gasteiger partial charge in [-0.3, -0.25) is 0 Å². The molecule has 0 spiro atoms. The summed E-state index contributed by atoms with van der Waals surface area (Å²) in [5.74, 6) is 0. The molecule has 3 heteroatoms. The second-order valence-corrected chi connectivity index (χ2v) is 24.0. The molecule has 1 rings (SSSR count). The van der Waals surface area contributed by atoms with Crippen LogP contribution in [-0.2, 0) is 4.43 Å². The second kappa shape index (κ2) is 14.8. The van der Waals surface area contributed by atoms with Crippen LogP contribution in [0.3, 0.4) is 0 Å². The highest BCUT2D eigenvalue weighted by Gasteiger charge is 2.58. The Kier molecular flexibility index (Phi) is 13.8. The highest BCUT2D eigenvalue weighted by Crippen LogP contribution is 2.49. The lowest BCUT2D eigenvalue weighted by Gasteiger charge is -2.57. The van der Waals surface area contributed by atoms with Crippen molar-refractivity contribution >= 4 is 15.4 Å². The van der Waals surface area contributed by atoms with Gasteiger partial charge < -0.3 is 4.43 Å². The van der Waals surface area contributed by atoms with Gasteiger partial charge in [0.05, 0.1) is 13.2 Å². The number of allylic oxidation sites excluding steroid dienone is 2. The first-order valence-electron chi connectivity index (χ1n) is 13.4. The fraction of sp³-hybridized carbons (Fsp3) is 0.852.